The van der Waals surface area contributed by atoms with Crippen LogP contribution in [0.5, 0.6) is 0 Å². The number of nitrogens with zero attached hydrogens (tertiary/aromatic N) is 3. The van der Waals surface area contributed by atoms with Crippen LogP contribution in [-0.4, -0.2) is 49.5 Å². The minimum atomic E-state index is -3.33. The lowest BCUT2D eigenvalue weighted by Crippen LogP contribution is -2.35. The molecule has 3 atom stereocenters. The summed E-state index contributed by atoms with van der Waals surface area (Å²) in [5, 5.41) is 0. The van der Waals surface area contributed by atoms with Gasteiger partial charge in [0.25, 0.3) is 5.91 Å². The van der Waals surface area contributed by atoms with Gasteiger partial charge in [-0.3, -0.25) is 4.79 Å². The van der Waals surface area contributed by atoms with Gasteiger partial charge in [0.05, 0.1) is 17.9 Å². The molecule has 0 spiro atoms. The van der Waals surface area contributed by atoms with Crippen molar-refractivity contribution in [1.82, 2.24) is 9.29 Å². The molecule has 0 aliphatic carbocycles. The number of hydrogen-bond acceptors (Lipinski definition) is 5. The van der Waals surface area contributed by atoms with E-state index < -0.39 is 15.9 Å². The van der Waals surface area contributed by atoms with E-state index >= 15 is 0 Å². The molecular formula is C20H24N4O3S. The number of pyridine rings is 1. The SMILES string of the molecule is Cc1ccc(C(N)=O)c(N2C[C@@H]3CN(S(C)(=O)=O)[C@@H](c4ccccc4)[C@@H]3C2)n1. The average Bonchev–Trinajstić information content (AvgIpc) is 3.19. The number of amides is 1. The first-order valence-electron chi connectivity index (χ1n) is 9.30. The average molecular weight is 401 g/mol. The van der Waals surface area contributed by atoms with E-state index in [2.05, 4.69) is 9.88 Å². The second kappa shape index (κ2) is 6.86. The van der Waals surface area contributed by atoms with Gasteiger partial charge in [-0.25, -0.2) is 13.4 Å². The van der Waals surface area contributed by atoms with Gasteiger partial charge in [-0.15, -0.1) is 0 Å². The van der Waals surface area contributed by atoms with Gasteiger partial charge in [0.2, 0.25) is 10.0 Å². The van der Waals surface area contributed by atoms with Crippen LogP contribution in [0, 0.1) is 18.8 Å². The van der Waals surface area contributed by atoms with Gasteiger partial charge < -0.3 is 10.6 Å². The molecule has 148 valence electrons. The summed E-state index contributed by atoms with van der Waals surface area (Å²) in [4.78, 5) is 18.5. The topological polar surface area (TPSA) is 96.6 Å². The Morgan fingerprint density at radius 2 is 1.82 bits per heavy atom. The lowest BCUT2D eigenvalue weighted by molar-refractivity contribution is 0.100. The third-order valence-electron chi connectivity index (χ3n) is 5.77. The van der Waals surface area contributed by atoms with Crippen molar-refractivity contribution in [2.75, 3.05) is 30.8 Å². The first kappa shape index (κ1) is 18.9. The van der Waals surface area contributed by atoms with Crippen molar-refractivity contribution in [2.45, 2.75) is 13.0 Å². The van der Waals surface area contributed by atoms with E-state index in [1.165, 1.54) is 6.26 Å². The number of nitrogens with two attached hydrogens (primary N) is 1. The highest BCUT2D eigenvalue weighted by molar-refractivity contribution is 7.88. The molecular weight excluding hydrogens is 376 g/mol. The van der Waals surface area contributed by atoms with Gasteiger partial charge in [-0.1, -0.05) is 30.3 Å². The van der Waals surface area contributed by atoms with Crippen LogP contribution >= 0.6 is 0 Å². The molecule has 2 aliphatic rings. The minimum absolute atomic E-state index is 0.125. The summed E-state index contributed by atoms with van der Waals surface area (Å²) in [7, 11) is -3.33. The van der Waals surface area contributed by atoms with E-state index in [-0.39, 0.29) is 17.9 Å². The number of rotatable bonds is 4. The number of aromatic nitrogens is 1. The largest absolute Gasteiger partial charge is 0.365 e. The number of carbonyl (C=O) groups excluding carboxylic acids is 1. The fourth-order valence-corrected chi connectivity index (χ4v) is 5.71. The van der Waals surface area contributed by atoms with Crippen LogP contribution in [0.1, 0.15) is 27.7 Å². The first-order chi connectivity index (χ1) is 13.3. The molecule has 1 amide bonds. The summed E-state index contributed by atoms with van der Waals surface area (Å²) in [6, 6.07) is 13.0. The molecule has 2 saturated heterocycles. The predicted octanol–water partition coefficient (Wildman–Crippen LogP) is 1.56. The fourth-order valence-electron chi connectivity index (χ4n) is 4.56. The van der Waals surface area contributed by atoms with Crippen molar-refractivity contribution in [3.63, 3.8) is 0 Å². The van der Waals surface area contributed by atoms with E-state index in [4.69, 9.17) is 5.73 Å². The summed E-state index contributed by atoms with van der Waals surface area (Å²) < 4.78 is 26.5. The van der Waals surface area contributed by atoms with E-state index in [9.17, 15) is 13.2 Å². The van der Waals surface area contributed by atoms with Gasteiger partial charge in [-0.2, -0.15) is 4.31 Å². The van der Waals surface area contributed by atoms with Gasteiger partial charge in [0, 0.05) is 31.2 Å². The molecule has 0 bridgehead atoms. The smallest absolute Gasteiger partial charge is 0.252 e. The highest BCUT2D eigenvalue weighted by Gasteiger charge is 2.50. The van der Waals surface area contributed by atoms with Crippen LogP contribution in [0.25, 0.3) is 0 Å². The molecule has 0 radical (unpaired) electrons. The Kier molecular flexibility index (Phi) is 4.63. The van der Waals surface area contributed by atoms with Crippen LogP contribution in [0.2, 0.25) is 0 Å². The van der Waals surface area contributed by atoms with Crippen LogP contribution < -0.4 is 10.6 Å². The van der Waals surface area contributed by atoms with Gasteiger partial charge >= 0.3 is 0 Å². The predicted molar refractivity (Wildman–Crippen MR) is 107 cm³/mol. The van der Waals surface area contributed by atoms with Crippen molar-refractivity contribution in [2.24, 2.45) is 17.6 Å². The molecule has 0 saturated carbocycles. The van der Waals surface area contributed by atoms with Crippen molar-refractivity contribution in [3.8, 4) is 0 Å². The lowest BCUT2D eigenvalue weighted by Gasteiger charge is -2.29. The van der Waals surface area contributed by atoms with Gasteiger partial charge in [-0.05, 0) is 30.5 Å². The highest BCUT2D eigenvalue weighted by atomic mass is 32.2. The third kappa shape index (κ3) is 3.27. The zero-order valence-corrected chi connectivity index (χ0v) is 16.8. The Morgan fingerprint density at radius 1 is 1.11 bits per heavy atom. The fraction of sp³-hybridized carbons (Fsp3) is 0.400. The normalized spacial score (nSPS) is 25.1. The molecule has 4 rings (SSSR count). The number of benzene rings is 1. The molecule has 0 unspecified atom stereocenters. The van der Waals surface area contributed by atoms with Crippen molar-refractivity contribution < 1.29 is 13.2 Å². The van der Waals surface area contributed by atoms with E-state index in [1.807, 2.05) is 37.3 Å². The lowest BCUT2D eigenvalue weighted by atomic mass is 9.90. The number of anilines is 1. The molecule has 1 aromatic heterocycles. The summed E-state index contributed by atoms with van der Waals surface area (Å²) in [5.41, 5.74) is 7.77. The number of primary amides is 1. The van der Waals surface area contributed by atoms with Crippen LogP contribution in [0.15, 0.2) is 42.5 Å². The zero-order valence-electron chi connectivity index (χ0n) is 15.9. The van der Waals surface area contributed by atoms with Crippen LogP contribution in [0.4, 0.5) is 5.82 Å². The summed E-state index contributed by atoms with van der Waals surface area (Å²) in [6.45, 7) is 3.63. The molecule has 2 N–H and O–H groups in total. The molecule has 2 fully saturated rings. The second-order valence-electron chi connectivity index (χ2n) is 7.71. The quantitative estimate of drug-likeness (QED) is 0.840. The van der Waals surface area contributed by atoms with Crippen LogP contribution in [0.3, 0.4) is 0 Å². The Morgan fingerprint density at radius 3 is 2.46 bits per heavy atom. The molecule has 1 aromatic carbocycles. The second-order valence-corrected chi connectivity index (χ2v) is 9.64. The van der Waals surface area contributed by atoms with Gasteiger partial charge in [0.1, 0.15) is 5.82 Å². The number of hydrogen-bond donors (Lipinski definition) is 1. The molecule has 2 aromatic rings. The standard InChI is InChI=1S/C20H24N4O3S/c1-13-8-9-16(19(21)25)20(22-13)23-10-15-11-24(28(2,26)27)18(17(15)12-23)14-6-4-3-5-7-14/h3-9,15,17-18H,10-12H2,1-2H3,(H2,21,25)/t15-,17-,18+/m1/s1. The van der Waals surface area contributed by atoms with Crippen molar-refractivity contribution in [3.05, 3.63) is 59.3 Å². The zero-order chi connectivity index (χ0) is 20.1. The third-order valence-corrected chi connectivity index (χ3v) is 7.00. The van der Waals surface area contributed by atoms with Crippen molar-refractivity contribution >= 4 is 21.7 Å². The maximum atomic E-state index is 12.4. The molecule has 3 heterocycles. The Hall–Kier alpha value is -2.45. The van der Waals surface area contributed by atoms with E-state index in [1.54, 1.807) is 16.4 Å². The van der Waals surface area contributed by atoms with E-state index in [0.717, 1.165) is 11.3 Å². The maximum absolute atomic E-state index is 12.4. The number of fused-ring (bicyclic) bond motifs is 1. The number of aryl methyl sites for hydroxylation is 1. The molecule has 28 heavy (non-hydrogen) atoms. The summed E-state index contributed by atoms with van der Waals surface area (Å²) >= 11 is 0. The number of carbonyl (C=O) groups is 1. The monoisotopic (exact) mass is 400 g/mol. The molecule has 2 aliphatic heterocycles. The maximum Gasteiger partial charge on any atom is 0.252 e. The summed E-state index contributed by atoms with van der Waals surface area (Å²) in [6.07, 6.45) is 1.27. The van der Waals surface area contributed by atoms with Gasteiger partial charge in [0.15, 0.2) is 0 Å². The minimum Gasteiger partial charge on any atom is -0.365 e. The van der Waals surface area contributed by atoms with Crippen molar-refractivity contribution in [1.29, 1.82) is 0 Å². The molecule has 7 nitrogen and oxygen atoms in total. The highest BCUT2D eigenvalue weighted by Crippen LogP contribution is 2.47. The van der Waals surface area contributed by atoms with Crippen LogP contribution in [-0.2, 0) is 10.0 Å². The number of sulfonamides is 1. The molecule has 8 heteroatoms. The van der Waals surface area contributed by atoms with E-state index in [0.29, 0.717) is 31.0 Å². The Bertz CT molecular complexity index is 1010. The first-order valence-corrected chi connectivity index (χ1v) is 11.1. The Labute approximate surface area is 165 Å². The Balaban J connectivity index is 1.70. The summed E-state index contributed by atoms with van der Waals surface area (Å²) in [5.74, 6) is 0.389.